The molecule has 130 valence electrons. The SMILES string of the molecule is CCOCC(C)OC1(CBr)CCN(C(=O)OC(C)(C)C)CC1. The van der Waals surface area contributed by atoms with Crippen LogP contribution in [-0.4, -0.2) is 59.9 Å². The van der Waals surface area contributed by atoms with Crippen molar-refractivity contribution in [3.05, 3.63) is 0 Å². The summed E-state index contributed by atoms with van der Waals surface area (Å²) in [4.78, 5) is 13.9. The van der Waals surface area contributed by atoms with Crippen LogP contribution in [0.3, 0.4) is 0 Å². The number of rotatable bonds is 6. The predicted octanol–water partition coefficient (Wildman–Crippen LogP) is 3.59. The van der Waals surface area contributed by atoms with Gasteiger partial charge in [-0.25, -0.2) is 4.79 Å². The highest BCUT2D eigenvalue weighted by Crippen LogP contribution is 2.30. The van der Waals surface area contributed by atoms with Crippen LogP contribution in [0.25, 0.3) is 0 Å². The van der Waals surface area contributed by atoms with Gasteiger partial charge in [0.2, 0.25) is 0 Å². The van der Waals surface area contributed by atoms with Crippen LogP contribution in [0.1, 0.15) is 47.5 Å². The smallest absolute Gasteiger partial charge is 0.410 e. The molecular formula is C16H30BrNO4. The Hall–Kier alpha value is -0.330. The van der Waals surface area contributed by atoms with Gasteiger partial charge >= 0.3 is 6.09 Å². The lowest BCUT2D eigenvalue weighted by Gasteiger charge is -2.42. The highest BCUT2D eigenvalue weighted by molar-refractivity contribution is 9.09. The van der Waals surface area contributed by atoms with Crippen LogP contribution < -0.4 is 0 Å². The summed E-state index contributed by atoms with van der Waals surface area (Å²) in [5.41, 5.74) is -0.682. The number of hydrogen-bond acceptors (Lipinski definition) is 4. The Bertz CT molecular complexity index is 349. The van der Waals surface area contributed by atoms with E-state index in [1.165, 1.54) is 0 Å². The molecule has 0 spiro atoms. The lowest BCUT2D eigenvalue weighted by atomic mass is 9.93. The molecule has 1 atom stereocenters. The summed E-state index contributed by atoms with van der Waals surface area (Å²) in [6.45, 7) is 12.3. The quantitative estimate of drug-likeness (QED) is 0.661. The number of hydrogen-bond donors (Lipinski definition) is 0. The van der Waals surface area contributed by atoms with E-state index in [1.54, 1.807) is 4.90 Å². The fourth-order valence-corrected chi connectivity index (χ4v) is 3.14. The van der Waals surface area contributed by atoms with E-state index in [4.69, 9.17) is 14.2 Å². The van der Waals surface area contributed by atoms with Crippen molar-refractivity contribution in [3.8, 4) is 0 Å². The second-order valence-corrected chi connectivity index (χ2v) is 7.43. The van der Waals surface area contributed by atoms with Gasteiger partial charge < -0.3 is 19.1 Å². The minimum absolute atomic E-state index is 0.0468. The fraction of sp³-hybridized carbons (Fsp3) is 0.938. The average Bonchev–Trinajstić information content (AvgIpc) is 2.44. The Morgan fingerprint density at radius 2 is 1.91 bits per heavy atom. The molecule has 1 unspecified atom stereocenters. The molecule has 1 aliphatic rings. The van der Waals surface area contributed by atoms with Crippen LogP contribution in [0.4, 0.5) is 4.79 Å². The molecule has 1 fully saturated rings. The van der Waals surface area contributed by atoms with E-state index in [2.05, 4.69) is 15.9 Å². The summed E-state index contributed by atoms with van der Waals surface area (Å²) in [6, 6.07) is 0. The van der Waals surface area contributed by atoms with Crippen LogP contribution >= 0.6 is 15.9 Å². The first-order valence-electron chi connectivity index (χ1n) is 8.01. The minimum atomic E-state index is -0.455. The molecule has 5 nitrogen and oxygen atoms in total. The van der Waals surface area contributed by atoms with E-state index in [-0.39, 0.29) is 17.8 Å². The zero-order valence-corrected chi connectivity index (χ0v) is 16.1. The molecule has 0 saturated carbocycles. The Morgan fingerprint density at radius 1 is 1.32 bits per heavy atom. The monoisotopic (exact) mass is 379 g/mol. The maximum atomic E-state index is 12.1. The molecule has 1 amide bonds. The summed E-state index contributed by atoms with van der Waals surface area (Å²) in [6.07, 6.45) is 1.41. The van der Waals surface area contributed by atoms with Crippen molar-refractivity contribution < 1.29 is 19.0 Å². The van der Waals surface area contributed by atoms with Crippen molar-refractivity contribution in [2.45, 2.75) is 64.8 Å². The first-order chi connectivity index (χ1) is 10.2. The van der Waals surface area contributed by atoms with Crippen LogP contribution in [0.15, 0.2) is 0 Å². The minimum Gasteiger partial charge on any atom is -0.444 e. The summed E-state index contributed by atoms with van der Waals surface area (Å²) in [7, 11) is 0. The van der Waals surface area contributed by atoms with E-state index in [9.17, 15) is 4.79 Å². The van der Waals surface area contributed by atoms with Gasteiger partial charge in [0.25, 0.3) is 0 Å². The van der Waals surface area contributed by atoms with Crippen LogP contribution in [0.2, 0.25) is 0 Å². The molecule has 0 bridgehead atoms. The molecule has 0 aromatic heterocycles. The zero-order chi connectivity index (χ0) is 16.8. The maximum Gasteiger partial charge on any atom is 0.410 e. The average molecular weight is 380 g/mol. The first kappa shape index (κ1) is 19.7. The second-order valence-electron chi connectivity index (χ2n) is 6.87. The molecule has 0 aliphatic carbocycles. The fourth-order valence-electron chi connectivity index (χ4n) is 2.45. The largest absolute Gasteiger partial charge is 0.444 e. The van der Waals surface area contributed by atoms with E-state index in [0.29, 0.717) is 26.3 Å². The lowest BCUT2D eigenvalue weighted by molar-refractivity contribution is -0.121. The highest BCUT2D eigenvalue weighted by Gasteiger charge is 2.38. The number of nitrogens with zero attached hydrogens (tertiary/aromatic N) is 1. The van der Waals surface area contributed by atoms with E-state index < -0.39 is 5.60 Å². The number of amides is 1. The molecule has 0 aromatic carbocycles. The van der Waals surface area contributed by atoms with Crippen LogP contribution in [-0.2, 0) is 14.2 Å². The molecule has 22 heavy (non-hydrogen) atoms. The zero-order valence-electron chi connectivity index (χ0n) is 14.5. The number of piperidine rings is 1. The van der Waals surface area contributed by atoms with Crippen molar-refractivity contribution in [1.82, 2.24) is 4.90 Å². The van der Waals surface area contributed by atoms with Gasteiger partial charge in [0, 0.05) is 25.0 Å². The van der Waals surface area contributed by atoms with E-state index in [1.807, 2.05) is 34.6 Å². The van der Waals surface area contributed by atoms with Crippen LogP contribution in [0.5, 0.6) is 0 Å². The Morgan fingerprint density at radius 3 is 2.36 bits per heavy atom. The maximum absolute atomic E-state index is 12.1. The van der Waals surface area contributed by atoms with Gasteiger partial charge in [-0.15, -0.1) is 0 Å². The number of carbonyl (C=O) groups is 1. The van der Waals surface area contributed by atoms with Gasteiger partial charge in [-0.05, 0) is 47.5 Å². The summed E-state index contributed by atoms with van der Waals surface area (Å²) >= 11 is 3.57. The van der Waals surface area contributed by atoms with Crippen molar-refractivity contribution in [2.24, 2.45) is 0 Å². The third kappa shape index (κ3) is 6.42. The molecule has 0 radical (unpaired) electrons. The Kier molecular flexibility index (Phi) is 7.62. The third-order valence-electron chi connectivity index (χ3n) is 3.58. The van der Waals surface area contributed by atoms with Gasteiger partial charge in [0.1, 0.15) is 5.60 Å². The van der Waals surface area contributed by atoms with Gasteiger partial charge in [0.05, 0.1) is 18.3 Å². The summed E-state index contributed by atoms with van der Waals surface area (Å²) < 4.78 is 17.1. The number of carbonyl (C=O) groups excluding carboxylic acids is 1. The van der Waals surface area contributed by atoms with Crippen LogP contribution in [0, 0.1) is 0 Å². The predicted molar refractivity (Wildman–Crippen MR) is 90.6 cm³/mol. The second kappa shape index (κ2) is 8.50. The number of ether oxygens (including phenoxy) is 3. The van der Waals surface area contributed by atoms with Crippen molar-refractivity contribution >= 4 is 22.0 Å². The van der Waals surface area contributed by atoms with Crippen molar-refractivity contribution in [2.75, 3.05) is 31.6 Å². The van der Waals surface area contributed by atoms with Gasteiger partial charge in [-0.1, -0.05) is 15.9 Å². The lowest BCUT2D eigenvalue weighted by Crippen LogP contribution is -2.51. The van der Waals surface area contributed by atoms with E-state index >= 15 is 0 Å². The number of alkyl halides is 1. The Labute approximate surface area is 142 Å². The number of halogens is 1. The highest BCUT2D eigenvalue weighted by atomic mass is 79.9. The molecule has 0 N–H and O–H groups in total. The van der Waals surface area contributed by atoms with Crippen molar-refractivity contribution in [1.29, 1.82) is 0 Å². The third-order valence-corrected chi connectivity index (χ3v) is 4.60. The molecule has 1 aliphatic heterocycles. The van der Waals surface area contributed by atoms with Gasteiger partial charge in [-0.3, -0.25) is 0 Å². The molecular weight excluding hydrogens is 350 g/mol. The topological polar surface area (TPSA) is 48.0 Å². The Balaban J connectivity index is 2.51. The molecule has 0 aromatic rings. The van der Waals surface area contributed by atoms with Gasteiger partial charge in [0.15, 0.2) is 0 Å². The number of likely N-dealkylation sites (tertiary alicyclic amines) is 1. The first-order valence-corrected chi connectivity index (χ1v) is 9.13. The van der Waals surface area contributed by atoms with Gasteiger partial charge in [-0.2, -0.15) is 0 Å². The molecule has 1 rings (SSSR count). The van der Waals surface area contributed by atoms with E-state index in [0.717, 1.165) is 18.2 Å². The molecule has 6 heteroatoms. The molecule has 1 saturated heterocycles. The van der Waals surface area contributed by atoms with Crippen molar-refractivity contribution in [3.63, 3.8) is 0 Å². The summed E-state index contributed by atoms with van der Waals surface area (Å²) in [5, 5.41) is 0.763. The molecule has 1 heterocycles. The standard InChI is InChI=1S/C16H30BrNO4/c1-6-20-11-13(2)21-16(12-17)7-9-18(10-8-16)14(19)22-15(3,4)5/h13H,6-12H2,1-5H3. The summed E-state index contributed by atoms with van der Waals surface area (Å²) in [5.74, 6) is 0. The normalized spacial score (nSPS) is 19.8.